The quantitative estimate of drug-likeness (QED) is 0.340. The fourth-order valence-electron chi connectivity index (χ4n) is 0.745. The van der Waals surface area contributed by atoms with Crippen molar-refractivity contribution < 1.29 is 24.9 Å². The first-order chi connectivity index (χ1) is 6.78. The number of aliphatic carboxylic acids is 1. The van der Waals surface area contributed by atoms with Crippen molar-refractivity contribution in [2.75, 3.05) is 13.2 Å². The molecule has 0 aromatic heterocycles. The number of hydrogen-bond acceptors (Lipinski definition) is 5. The summed E-state index contributed by atoms with van der Waals surface area (Å²) in [4.78, 5) is 21.4. The van der Waals surface area contributed by atoms with Gasteiger partial charge in [-0.2, -0.15) is 0 Å². The Morgan fingerprint density at radius 2 is 2.07 bits per heavy atom. The van der Waals surface area contributed by atoms with Crippen LogP contribution in [0.15, 0.2) is 0 Å². The zero-order chi connectivity index (χ0) is 12.1. The highest BCUT2D eigenvalue weighted by Gasteiger charge is 2.22. The lowest BCUT2D eigenvalue weighted by molar-refractivity contribution is -0.139. The zero-order valence-corrected chi connectivity index (χ0v) is 8.43. The molecule has 0 aliphatic heterocycles. The van der Waals surface area contributed by atoms with E-state index in [1.807, 2.05) is 0 Å². The molecule has 88 valence electrons. The monoisotopic (exact) mass is 220 g/mol. The van der Waals surface area contributed by atoms with Gasteiger partial charge < -0.3 is 26.4 Å². The summed E-state index contributed by atoms with van der Waals surface area (Å²) in [5, 5.41) is 28.6. The molecule has 0 aliphatic carbocycles. The Labute approximate surface area is 86.9 Å². The first-order valence-corrected chi connectivity index (χ1v) is 4.37. The number of aliphatic hydroxyl groups excluding tert-OH is 1. The first-order valence-electron chi connectivity index (χ1n) is 4.37. The number of amides is 1. The maximum absolute atomic E-state index is 11.1. The van der Waals surface area contributed by atoms with Crippen molar-refractivity contribution in [3.05, 3.63) is 0 Å². The van der Waals surface area contributed by atoms with E-state index in [4.69, 9.17) is 15.9 Å². The predicted molar refractivity (Wildman–Crippen MR) is 50.9 cm³/mol. The van der Waals surface area contributed by atoms with Crippen molar-refractivity contribution in [2.24, 2.45) is 5.73 Å². The van der Waals surface area contributed by atoms with Gasteiger partial charge in [-0.1, -0.05) is 0 Å². The Kier molecular flexibility index (Phi) is 5.20. The van der Waals surface area contributed by atoms with Crippen molar-refractivity contribution in [3.63, 3.8) is 0 Å². The topological polar surface area (TPSA) is 133 Å². The number of nitrogens with two attached hydrogens (primary N) is 1. The van der Waals surface area contributed by atoms with Gasteiger partial charge in [-0.15, -0.1) is 0 Å². The van der Waals surface area contributed by atoms with Gasteiger partial charge in [-0.3, -0.25) is 9.59 Å². The first kappa shape index (κ1) is 13.8. The highest BCUT2D eigenvalue weighted by Crippen LogP contribution is 1.99. The fourth-order valence-corrected chi connectivity index (χ4v) is 0.745. The molecular formula is C8H16N2O5. The van der Waals surface area contributed by atoms with Crippen molar-refractivity contribution in [2.45, 2.75) is 25.0 Å². The second-order valence-electron chi connectivity index (χ2n) is 3.58. The molecule has 7 nitrogen and oxygen atoms in total. The Hall–Kier alpha value is -1.18. The van der Waals surface area contributed by atoms with Crippen LogP contribution in [-0.4, -0.2) is 52.0 Å². The van der Waals surface area contributed by atoms with Crippen molar-refractivity contribution >= 4 is 11.9 Å². The van der Waals surface area contributed by atoms with Crippen LogP contribution < -0.4 is 11.1 Å². The second-order valence-corrected chi connectivity index (χ2v) is 3.58. The predicted octanol–water partition coefficient (Wildman–Crippen LogP) is -2.35. The summed E-state index contributed by atoms with van der Waals surface area (Å²) in [5.41, 5.74) is 3.82. The third-order valence-electron chi connectivity index (χ3n) is 1.72. The second kappa shape index (κ2) is 5.64. The lowest BCUT2D eigenvalue weighted by Gasteiger charge is -2.21. The summed E-state index contributed by atoms with van der Waals surface area (Å²) in [7, 11) is 0. The van der Waals surface area contributed by atoms with Gasteiger partial charge >= 0.3 is 5.97 Å². The lowest BCUT2D eigenvalue weighted by Crippen LogP contribution is -2.49. The van der Waals surface area contributed by atoms with Crippen LogP contribution in [0.5, 0.6) is 0 Å². The minimum Gasteiger partial charge on any atom is -0.481 e. The van der Waals surface area contributed by atoms with E-state index < -0.39 is 36.5 Å². The number of carbonyl (C=O) groups is 2. The standard InChI is InChI=1S/C8H16N2O5/c1-8(15,4-11)3-10-7(14)5(9)2-6(12)13/h5,11,15H,2-4,9H2,1H3,(H,10,14)(H,12,13). The van der Waals surface area contributed by atoms with Crippen LogP contribution in [0, 0.1) is 0 Å². The zero-order valence-electron chi connectivity index (χ0n) is 8.43. The summed E-state index contributed by atoms with van der Waals surface area (Å²) in [6, 6.07) is -1.16. The number of carboxylic acids is 1. The summed E-state index contributed by atoms with van der Waals surface area (Å²) in [6.45, 7) is 0.632. The number of nitrogens with one attached hydrogen (secondary N) is 1. The number of carboxylic acid groups (broad SMARTS) is 1. The number of hydrogen-bond donors (Lipinski definition) is 5. The van der Waals surface area contributed by atoms with Gasteiger partial charge in [0, 0.05) is 6.54 Å². The van der Waals surface area contributed by atoms with Gasteiger partial charge in [0.1, 0.15) is 5.60 Å². The van der Waals surface area contributed by atoms with Crippen molar-refractivity contribution in [1.29, 1.82) is 0 Å². The molecule has 2 atom stereocenters. The van der Waals surface area contributed by atoms with E-state index in [0.717, 1.165) is 0 Å². The Morgan fingerprint density at radius 1 is 1.53 bits per heavy atom. The molecule has 2 unspecified atom stereocenters. The summed E-state index contributed by atoms with van der Waals surface area (Å²) >= 11 is 0. The maximum atomic E-state index is 11.1. The molecule has 6 N–H and O–H groups in total. The molecule has 0 saturated heterocycles. The van der Waals surface area contributed by atoms with E-state index in [-0.39, 0.29) is 6.54 Å². The molecule has 0 aromatic rings. The smallest absolute Gasteiger partial charge is 0.305 e. The third-order valence-corrected chi connectivity index (χ3v) is 1.72. The fraction of sp³-hybridized carbons (Fsp3) is 0.750. The molecule has 0 heterocycles. The molecule has 0 fully saturated rings. The van der Waals surface area contributed by atoms with Gasteiger partial charge in [-0.25, -0.2) is 0 Å². The molecular weight excluding hydrogens is 204 g/mol. The Balaban J connectivity index is 3.98. The van der Waals surface area contributed by atoms with E-state index in [2.05, 4.69) is 5.32 Å². The van der Waals surface area contributed by atoms with E-state index >= 15 is 0 Å². The third kappa shape index (κ3) is 6.00. The Morgan fingerprint density at radius 3 is 2.47 bits per heavy atom. The highest BCUT2D eigenvalue weighted by molar-refractivity contribution is 5.85. The minimum atomic E-state index is -1.43. The lowest BCUT2D eigenvalue weighted by atomic mass is 10.1. The average molecular weight is 220 g/mol. The molecule has 0 aliphatic rings. The van der Waals surface area contributed by atoms with Crippen molar-refractivity contribution in [1.82, 2.24) is 5.32 Å². The minimum absolute atomic E-state index is 0.185. The van der Waals surface area contributed by atoms with Crippen LogP contribution in [-0.2, 0) is 9.59 Å². The van der Waals surface area contributed by atoms with Gasteiger partial charge in [-0.05, 0) is 6.92 Å². The molecule has 0 spiro atoms. The largest absolute Gasteiger partial charge is 0.481 e. The molecule has 7 heteroatoms. The molecule has 0 saturated carbocycles. The molecule has 1 amide bonds. The molecule has 0 rings (SSSR count). The van der Waals surface area contributed by atoms with Crippen LogP contribution in [0.1, 0.15) is 13.3 Å². The van der Waals surface area contributed by atoms with Crippen LogP contribution in [0.2, 0.25) is 0 Å². The van der Waals surface area contributed by atoms with Gasteiger partial charge in [0.2, 0.25) is 5.91 Å². The van der Waals surface area contributed by atoms with Gasteiger partial charge in [0.05, 0.1) is 19.1 Å². The van der Waals surface area contributed by atoms with Crippen LogP contribution in [0.3, 0.4) is 0 Å². The van der Waals surface area contributed by atoms with Crippen molar-refractivity contribution in [3.8, 4) is 0 Å². The average Bonchev–Trinajstić information content (AvgIpc) is 2.13. The summed E-state index contributed by atoms with van der Waals surface area (Å²) in [6.07, 6.45) is -0.479. The molecule has 0 radical (unpaired) electrons. The number of rotatable bonds is 6. The Bertz CT molecular complexity index is 241. The van der Waals surface area contributed by atoms with E-state index in [0.29, 0.717) is 0 Å². The number of carbonyl (C=O) groups excluding carboxylic acids is 1. The van der Waals surface area contributed by atoms with Crippen LogP contribution >= 0.6 is 0 Å². The van der Waals surface area contributed by atoms with Gasteiger partial charge in [0.15, 0.2) is 0 Å². The molecule has 0 aromatic carbocycles. The van der Waals surface area contributed by atoms with Crippen LogP contribution in [0.4, 0.5) is 0 Å². The summed E-state index contributed by atoms with van der Waals surface area (Å²) < 4.78 is 0. The maximum Gasteiger partial charge on any atom is 0.305 e. The highest BCUT2D eigenvalue weighted by atomic mass is 16.4. The number of aliphatic hydroxyl groups is 2. The van der Waals surface area contributed by atoms with Gasteiger partial charge in [0.25, 0.3) is 0 Å². The van der Waals surface area contributed by atoms with E-state index in [1.165, 1.54) is 6.92 Å². The van der Waals surface area contributed by atoms with Crippen LogP contribution in [0.25, 0.3) is 0 Å². The normalized spacial score (nSPS) is 16.5. The summed E-state index contributed by atoms with van der Waals surface area (Å²) in [5.74, 6) is -1.85. The van der Waals surface area contributed by atoms with E-state index in [1.54, 1.807) is 0 Å². The SMILES string of the molecule is CC(O)(CO)CNC(=O)C(N)CC(=O)O. The molecule has 0 bridgehead atoms. The molecule has 15 heavy (non-hydrogen) atoms. The van der Waals surface area contributed by atoms with E-state index in [9.17, 15) is 14.7 Å².